The van der Waals surface area contributed by atoms with Crippen LogP contribution in [0.25, 0.3) is 0 Å². The first-order chi connectivity index (χ1) is 12.2. The molecular formula is C19H25N3O3. The van der Waals surface area contributed by atoms with Gasteiger partial charge in [0.25, 0.3) is 0 Å². The fraction of sp³-hybridized carbons (Fsp3) is 0.579. The second-order valence-electron chi connectivity index (χ2n) is 7.06. The predicted molar refractivity (Wildman–Crippen MR) is 94.4 cm³/mol. The summed E-state index contributed by atoms with van der Waals surface area (Å²) < 4.78 is 5.32. The van der Waals surface area contributed by atoms with Crippen molar-refractivity contribution in [3.63, 3.8) is 0 Å². The molecule has 1 aromatic rings. The van der Waals surface area contributed by atoms with Crippen LogP contribution in [0.15, 0.2) is 24.3 Å². The number of amides is 2. The molecule has 0 radical (unpaired) electrons. The first kappa shape index (κ1) is 16.5. The van der Waals surface area contributed by atoms with Gasteiger partial charge in [-0.1, -0.05) is 18.2 Å². The molecule has 25 heavy (non-hydrogen) atoms. The van der Waals surface area contributed by atoms with Gasteiger partial charge in [-0.3, -0.25) is 14.5 Å². The van der Waals surface area contributed by atoms with E-state index in [0.717, 1.165) is 51.5 Å². The molecule has 0 bridgehead atoms. The Labute approximate surface area is 148 Å². The van der Waals surface area contributed by atoms with Crippen molar-refractivity contribution >= 4 is 17.5 Å². The molecule has 0 aromatic heterocycles. The zero-order chi connectivity index (χ0) is 17.2. The normalized spacial score (nSPS) is 25.5. The summed E-state index contributed by atoms with van der Waals surface area (Å²) in [7, 11) is 0. The number of rotatable bonds is 5. The molecule has 6 heteroatoms. The van der Waals surface area contributed by atoms with E-state index in [-0.39, 0.29) is 23.7 Å². The summed E-state index contributed by atoms with van der Waals surface area (Å²) in [5, 5.41) is 2.99. The molecule has 3 aliphatic rings. The lowest BCUT2D eigenvalue weighted by atomic mass is 10.2. The molecule has 1 saturated carbocycles. The van der Waals surface area contributed by atoms with Gasteiger partial charge in [-0.15, -0.1) is 0 Å². The van der Waals surface area contributed by atoms with Gasteiger partial charge in [0.2, 0.25) is 11.8 Å². The minimum atomic E-state index is -0.148. The Morgan fingerprint density at radius 3 is 2.76 bits per heavy atom. The van der Waals surface area contributed by atoms with Crippen LogP contribution in [0.5, 0.6) is 0 Å². The maximum Gasteiger partial charge on any atom is 0.230 e. The highest BCUT2D eigenvalue weighted by molar-refractivity contribution is 6.02. The van der Waals surface area contributed by atoms with E-state index in [2.05, 4.69) is 16.3 Å². The molecule has 0 spiro atoms. The number of hydrogen-bond acceptors (Lipinski definition) is 4. The van der Waals surface area contributed by atoms with E-state index in [0.29, 0.717) is 13.0 Å². The fourth-order valence-corrected chi connectivity index (χ4v) is 3.82. The van der Waals surface area contributed by atoms with Crippen LogP contribution in [-0.4, -0.2) is 62.7 Å². The van der Waals surface area contributed by atoms with Crippen molar-refractivity contribution in [3.05, 3.63) is 29.8 Å². The van der Waals surface area contributed by atoms with Crippen LogP contribution in [-0.2, 0) is 20.7 Å². The van der Waals surface area contributed by atoms with Crippen molar-refractivity contribution in [3.8, 4) is 0 Å². The van der Waals surface area contributed by atoms with Gasteiger partial charge in [-0.2, -0.15) is 0 Å². The van der Waals surface area contributed by atoms with Crippen molar-refractivity contribution in [2.45, 2.75) is 12.8 Å². The molecule has 1 N–H and O–H groups in total. The molecule has 2 atom stereocenters. The first-order valence-corrected chi connectivity index (χ1v) is 9.21. The van der Waals surface area contributed by atoms with Crippen LogP contribution in [0.4, 0.5) is 5.69 Å². The minimum absolute atomic E-state index is 0.0269. The van der Waals surface area contributed by atoms with Crippen LogP contribution in [0, 0.1) is 11.8 Å². The molecule has 2 heterocycles. The van der Waals surface area contributed by atoms with Crippen molar-refractivity contribution in [2.75, 3.05) is 50.8 Å². The Balaban J connectivity index is 1.24. The standard InChI is InChI=1S/C19H25N3O3/c23-18(20-6-8-21-9-11-25-12-10-21)15-13-16(15)19(24)22-7-5-14-3-1-2-4-17(14)22/h1-4,15-16H,5-13H2,(H,20,23). The monoisotopic (exact) mass is 343 g/mol. The molecule has 1 aromatic carbocycles. The van der Waals surface area contributed by atoms with Crippen LogP contribution in [0.1, 0.15) is 12.0 Å². The molecule has 4 rings (SSSR count). The number of carbonyl (C=O) groups is 2. The van der Waals surface area contributed by atoms with E-state index in [1.165, 1.54) is 5.56 Å². The summed E-state index contributed by atoms with van der Waals surface area (Å²) >= 11 is 0. The van der Waals surface area contributed by atoms with E-state index >= 15 is 0 Å². The first-order valence-electron chi connectivity index (χ1n) is 9.21. The minimum Gasteiger partial charge on any atom is -0.379 e. The quantitative estimate of drug-likeness (QED) is 0.853. The largest absolute Gasteiger partial charge is 0.379 e. The van der Waals surface area contributed by atoms with Crippen molar-refractivity contribution < 1.29 is 14.3 Å². The second-order valence-corrected chi connectivity index (χ2v) is 7.06. The highest BCUT2D eigenvalue weighted by Gasteiger charge is 2.50. The summed E-state index contributed by atoms with van der Waals surface area (Å²) in [6.45, 7) is 5.61. The van der Waals surface area contributed by atoms with Gasteiger partial charge in [0, 0.05) is 38.4 Å². The Kier molecular flexibility index (Phi) is 4.72. The lowest BCUT2D eigenvalue weighted by Gasteiger charge is -2.26. The molecule has 6 nitrogen and oxygen atoms in total. The number of nitrogens with one attached hydrogen (secondary N) is 1. The fourth-order valence-electron chi connectivity index (χ4n) is 3.82. The number of morpholine rings is 1. The average molecular weight is 343 g/mol. The summed E-state index contributed by atoms with van der Waals surface area (Å²) in [4.78, 5) is 29.2. The maximum atomic E-state index is 12.7. The number of nitrogens with zero attached hydrogens (tertiary/aromatic N) is 2. The van der Waals surface area contributed by atoms with E-state index in [9.17, 15) is 9.59 Å². The summed E-state index contributed by atoms with van der Waals surface area (Å²) in [5.41, 5.74) is 2.24. The Hall–Kier alpha value is -1.92. The SMILES string of the molecule is O=C(NCCN1CCOCC1)C1CC1C(=O)N1CCc2ccccc21. The average Bonchev–Trinajstić information content (AvgIpc) is 3.34. The lowest BCUT2D eigenvalue weighted by Crippen LogP contribution is -2.42. The zero-order valence-electron chi connectivity index (χ0n) is 14.4. The van der Waals surface area contributed by atoms with E-state index in [1.807, 2.05) is 23.1 Å². The van der Waals surface area contributed by atoms with Crippen LogP contribution < -0.4 is 10.2 Å². The summed E-state index contributed by atoms with van der Waals surface area (Å²) in [5.74, 6) is -0.156. The number of para-hydroxylation sites is 1. The van der Waals surface area contributed by atoms with Gasteiger partial charge in [0.05, 0.1) is 25.0 Å². The van der Waals surface area contributed by atoms with Gasteiger partial charge in [-0.05, 0) is 24.5 Å². The number of ether oxygens (including phenoxy) is 1. The van der Waals surface area contributed by atoms with Crippen molar-refractivity contribution in [2.24, 2.45) is 11.8 Å². The molecule has 2 unspecified atom stereocenters. The molecule has 134 valence electrons. The Bertz CT molecular complexity index is 657. The highest BCUT2D eigenvalue weighted by Crippen LogP contribution is 2.42. The molecule has 2 fully saturated rings. The number of fused-ring (bicyclic) bond motifs is 1. The van der Waals surface area contributed by atoms with E-state index in [1.54, 1.807) is 0 Å². The zero-order valence-corrected chi connectivity index (χ0v) is 14.4. The molecule has 1 aliphatic carbocycles. The molecule has 2 amide bonds. The third-order valence-electron chi connectivity index (χ3n) is 5.43. The van der Waals surface area contributed by atoms with E-state index in [4.69, 9.17) is 4.74 Å². The molecular weight excluding hydrogens is 318 g/mol. The molecule has 1 saturated heterocycles. The Morgan fingerprint density at radius 1 is 1.12 bits per heavy atom. The number of benzene rings is 1. The van der Waals surface area contributed by atoms with Crippen molar-refractivity contribution in [1.29, 1.82) is 0 Å². The number of carbonyl (C=O) groups excluding carboxylic acids is 2. The van der Waals surface area contributed by atoms with Crippen LogP contribution in [0.3, 0.4) is 0 Å². The predicted octanol–water partition coefficient (Wildman–Crippen LogP) is 0.660. The van der Waals surface area contributed by atoms with Crippen LogP contribution >= 0.6 is 0 Å². The van der Waals surface area contributed by atoms with Crippen LogP contribution in [0.2, 0.25) is 0 Å². The van der Waals surface area contributed by atoms with Gasteiger partial charge in [-0.25, -0.2) is 0 Å². The van der Waals surface area contributed by atoms with E-state index < -0.39 is 0 Å². The third-order valence-corrected chi connectivity index (χ3v) is 5.43. The highest BCUT2D eigenvalue weighted by atomic mass is 16.5. The summed E-state index contributed by atoms with van der Waals surface area (Å²) in [6.07, 6.45) is 1.59. The second kappa shape index (κ2) is 7.14. The number of hydrogen-bond donors (Lipinski definition) is 1. The number of anilines is 1. The molecule has 2 aliphatic heterocycles. The summed E-state index contributed by atoms with van der Waals surface area (Å²) in [6, 6.07) is 8.05. The third kappa shape index (κ3) is 3.55. The van der Waals surface area contributed by atoms with Crippen molar-refractivity contribution in [1.82, 2.24) is 10.2 Å². The van der Waals surface area contributed by atoms with Gasteiger partial charge in [0.15, 0.2) is 0 Å². The Morgan fingerprint density at radius 2 is 1.92 bits per heavy atom. The maximum absolute atomic E-state index is 12.7. The van der Waals surface area contributed by atoms with Gasteiger partial charge in [0.1, 0.15) is 0 Å². The van der Waals surface area contributed by atoms with Gasteiger partial charge >= 0.3 is 0 Å². The lowest BCUT2D eigenvalue weighted by molar-refractivity contribution is -0.126. The van der Waals surface area contributed by atoms with Gasteiger partial charge < -0.3 is 15.0 Å². The topological polar surface area (TPSA) is 61.9 Å². The smallest absolute Gasteiger partial charge is 0.230 e.